The van der Waals surface area contributed by atoms with E-state index >= 15 is 0 Å². The number of aryl methyl sites for hydroxylation is 1. The van der Waals surface area contributed by atoms with Crippen LogP contribution in [0.5, 0.6) is 0 Å². The molecule has 1 fully saturated rings. The molecule has 0 aliphatic carbocycles. The standard InChI is InChI=1S/C19H30N8/c1-3-17-25-24-15-27(17)12-9-21-19(20-4-2)23-14-16-7-8-18(22-13-16)26-10-5-6-11-26/h7-8,13,15H,3-6,9-12,14H2,1-2H3,(H2,20,21,23). The van der Waals surface area contributed by atoms with Crippen LogP contribution in [0.4, 0.5) is 5.82 Å². The molecule has 1 aliphatic heterocycles. The van der Waals surface area contributed by atoms with Gasteiger partial charge in [0.25, 0.3) is 0 Å². The van der Waals surface area contributed by atoms with Crippen LogP contribution in [0.1, 0.15) is 38.1 Å². The molecule has 8 heteroatoms. The van der Waals surface area contributed by atoms with Gasteiger partial charge in [0.1, 0.15) is 18.0 Å². The van der Waals surface area contributed by atoms with Crippen molar-refractivity contribution in [1.82, 2.24) is 30.4 Å². The van der Waals surface area contributed by atoms with Gasteiger partial charge in [-0.15, -0.1) is 10.2 Å². The molecular weight excluding hydrogens is 340 g/mol. The zero-order chi connectivity index (χ0) is 18.9. The zero-order valence-corrected chi connectivity index (χ0v) is 16.4. The average Bonchev–Trinajstić information content (AvgIpc) is 3.38. The molecule has 27 heavy (non-hydrogen) atoms. The average molecular weight is 371 g/mol. The van der Waals surface area contributed by atoms with Crippen molar-refractivity contribution in [1.29, 1.82) is 0 Å². The fourth-order valence-electron chi connectivity index (χ4n) is 3.19. The van der Waals surface area contributed by atoms with Gasteiger partial charge in [0, 0.05) is 45.3 Å². The molecule has 1 saturated heterocycles. The molecular formula is C19H30N8. The predicted molar refractivity (Wildman–Crippen MR) is 108 cm³/mol. The summed E-state index contributed by atoms with van der Waals surface area (Å²) in [4.78, 5) is 11.6. The summed E-state index contributed by atoms with van der Waals surface area (Å²) in [6.45, 7) is 9.40. The van der Waals surface area contributed by atoms with Crippen LogP contribution in [0, 0.1) is 0 Å². The van der Waals surface area contributed by atoms with Crippen LogP contribution in [-0.2, 0) is 19.5 Å². The Bertz CT molecular complexity index is 716. The second-order valence-electron chi connectivity index (χ2n) is 6.63. The number of guanidine groups is 1. The van der Waals surface area contributed by atoms with Gasteiger partial charge < -0.3 is 20.1 Å². The van der Waals surface area contributed by atoms with E-state index in [0.29, 0.717) is 6.54 Å². The molecule has 2 aromatic heterocycles. The number of nitrogens with zero attached hydrogens (tertiary/aromatic N) is 6. The SMILES string of the molecule is CCNC(=NCc1ccc(N2CCCC2)nc1)NCCn1cnnc1CC. The molecule has 0 spiro atoms. The van der Waals surface area contributed by atoms with E-state index in [1.54, 1.807) is 6.33 Å². The first-order chi connectivity index (χ1) is 13.3. The van der Waals surface area contributed by atoms with Gasteiger partial charge in [-0.2, -0.15) is 0 Å². The number of aliphatic imine (C=N–C) groups is 1. The Morgan fingerprint density at radius 2 is 2.04 bits per heavy atom. The van der Waals surface area contributed by atoms with E-state index in [-0.39, 0.29) is 0 Å². The largest absolute Gasteiger partial charge is 0.357 e. The number of aromatic nitrogens is 4. The zero-order valence-electron chi connectivity index (χ0n) is 16.4. The normalized spacial score (nSPS) is 14.6. The lowest BCUT2D eigenvalue weighted by Gasteiger charge is -2.16. The van der Waals surface area contributed by atoms with E-state index in [4.69, 9.17) is 0 Å². The van der Waals surface area contributed by atoms with Crippen LogP contribution in [0.15, 0.2) is 29.6 Å². The van der Waals surface area contributed by atoms with Gasteiger partial charge >= 0.3 is 0 Å². The number of pyridine rings is 1. The minimum absolute atomic E-state index is 0.607. The van der Waals surface area contributed by atoms with E-state index in [1.807, 2.05) is 6.20 Å². The topological polar surface area (TPSA) is 83.3 Å². The molecule has 146 valence electrons. The minimum Gasteiger partial charge on any atom is -0.357 e. The molecule has 0 unspecified atom stereocenters. The molecule has 0 bridgehead atoms. The van der Waals surface area contributed by atoms with Gasteiger partial charge in [0.2, 0.25) is 0 Å². The van der Waals surface area contributed by atoms with Crippen LogP contribution in [0.2, 0.25) is 0 Å². The quantitative estimate of drug-likeness (QED) is 0.542. The Hall–Kier alpha value is -2.64. The van der Waals surface area contributed by atoms with Crippen LogP contribution >= 0.6 is 0 Å². The number of rotatable bonds is 8. The van der Waals surface area contributed by atoms with Crippen molar-refractivity contribution >= 4 is 11.8 Å². The van der Waals surface area contributed by atoms with Crippen molar-refractivity contribution in [2.24, 2.45) is 4.99 Å². The molecule has 8 nitrogen and oxygen atoms in total. The van der Waals surface area contributed by atoms with E-state index in [0.717, 1.165) is 62.3 Å². The van der Waals surface area contributed by atoms with Gasteiger partial charge in [-0.05, 0) is 31.4 Å². The van der Waals surface area contributed by atoms with Gasteiger partial charge in [0.15, 0.2) is 5.96 Å². The summed E-state index contributed by atoms with van der Waals surface area (Å²) in [7, 11) is 0. The second-order valence-corrected chi connectivity index (χ2v) is 6.63. The van der Waals surface area contributed by atoms with E-state index in [2.05, 4.69) is 66.3 Å². The lowest BCUT2D eigenvalue weighted by molar-refractivity contribution is 0.632. The first-order valence-corrected chi connectivity index (χ1v) is 9.89. The number of hydrogen-bond donors (Lipinski definition) is 2. The molecule has 2 aromatic rings. The molecule has 3 rings (SSSR count). The smallest absolute Gasteiger partial charge is 0.191 e. The second kappa shape index (κ2) is 9.89. The minimum atomic E-state index is 0.607. The fraction of sp³-hybridized carbons (Fsp3) is 0.579. The summed E-state index contributed by atoms with van der Waals surface area (Å²) in [5.74, 6) is 2.89. The Balaban J connectivity index is 1.52. The molecule has 0 saturated carbocycles. The summed E-state index contributed by atoms with van der Waals surface area (Å²) in [5.41, 5.74) is 1.11. The predicted octanol–water partition coefficient (Wildman–Crippen LogP) is 1.59. The maximum Gasteiger partial charge on any atom is 0.191 e. The van der Waals surface area contributed by atoms with Gasteiger partial charge in [-0.3, -0.25) is 0 Å². The molecule has 0 atom stereocenters. The molecule has 1 aliphatic rings. The van der Waals surface area contributed by atoms with E-state index in [9.17, 15) is 0 Å². The molecule has 3 heterocycles. The van der Waals surface area contributed by atoms with Crippen molar-refractivity contribution in [3.63, 3.8) is 0 Å². The molecule has 0 amide bonds. The Kier molecular flexibility index (Phi) is 7.01. The van der Waals surface area contributed by atoms with Crippen molar-refractivity contribution < 1.29 is 0 Å². The highest BCUT2D eigenvalue weighted by molar-refractivity contribution is 5.79. The third kappa shape index (κ3) is 5.42. The monoisotopic (exact) mass is 370 g/mol. The van der Waals surface area contributed by atoms with Gasteiger partial charge in [-0.25, -0.2) is 9.98 Å². The summed E-state index contributed by atoms with van der Waals surface area (Å²) < 4.78 is 2.07. The van der Waals surface area contributed by atoms with Crippen LogP contribution in [0.3, 0.4) is 0 Å². The van der Waals surface area contributed by atoms with Crippen LogP contribution in [-0.4, -0.2) is 51.9 Å². The molecule has 0 radical (unpaired) electrons. The first-order valence-electron chi connectivity index (χ1n) is 9.89. The third-order valence-electron chi connectivity index (χ3n) is 4.66. The maximum atomic E-state index is 4.67. The number of hydrogen-bond acceptors (Lipinski definition) is 5. The fourth-order valence-corrected chi connectivity index (χ4v) is 3.19. The van der Waals surface area contributed by atoms with E-state index < -0.39 is 0 Å². The third-order valence-corrected chi connectivity index (χ3v) is 4.66. The Morgan fingerprint density at radius 3 is 2.74 bits per heavy atom. The van der Waals surface area contributed by atoms with Crippen LogP contribution < -0.4 is 15.5 Å². The Morgan fingerprint density at radius 1 is 1.19 bits per heavy atom. The Labute approximate surface area is 161 Å². The van der Waals surface area contributed by atoms with Crippen molar-refractivity contribution in [3.8, 4) is 0 Å². The van der Waals surface area contributed by atoms with Gasteiger partial charge in [0.05, 0.1) is 6.54 Å². The first kappa shape index (κ1) is 19.1. The van der Waals surface area contributed by atoms with Crippen LogP contribution in [0.25, 0.3) is 0 Å². The lowest BCUT2D eigenvalue weighted by Crippen LogP contribution is -2.38. The summed E-state index contributed by atoms with van der Waals surface area (Å²) >= 11 is 0. The van der Waals surface area contributed by atoms with Crippen molar-refractivity contribution in [3.05, 3.63) is 36.0 Å². The number of nitrogens with one attached hydrogen (secondary N) is 2. The number of anilines is 1. The van der Waals surface area contributed by atoms with Crippen molar-refractivity contribution in [2.75, 3.05) is 31.1 Å². The summed E-state index contributed by atoms with van der Waals surface area (Å²) in [6, 6.07) is 4.23. The summed E-state index contributed by atoms with van der Waals surface area (Å²) in [5, 5.41) is 14.7. The summed E-state index contributed by atoms with van der Waals surface area (Å²) in [6.07, 6.45) is 7.12. The highest BCUT2D eigenvalue weighted by Gasteiger charge is 2.12. The lowest BCUT2D eigenvalue weighted by atomic mass is 10.3. The van der Waals surface area contributed by atoms with E-state index in [1.165, 1.54) is 12.8 Å². The highest BCUT2D eigenvalue weighted by Crippen LogP contribution is 2.17. The van der Waals surface area contributed by atoms with Gasteiger partial charge in [-0.1, -0.05) is 13.0 Å². The highest BCUT2D eigenvalue weighted by atomic mass is 15.3. The van der Waals surface area contributed by atoms with Crippen molar-refractivity contribution in [2.45, 2.75) is 46.2 Å². The molecule has 0 aromatic carbocycles. The molecule has 2 N–H and O–H groups in total. The maximum absolute atomic E-state index is 4.67.